The number of nitrogens with zero attached hydrogens (tertiary/aromatic N) is 6. The van der Waals surface area contributed by atoms with Crippen LogP contribution in [0.4, 0.5) is 43.9 Å². The molecule has 10 aromatic rings. The molecule has 0 radical (unpaired) electrons. The molecule has 2 aromatic heterocycles. The molecule has 2 aliphatic rings. The zero-order valence-corrected chi connectivity index (χ0v) is 55.3. The van der Waals surface area contributed by atoms with Crippen molar-refractivity contribution in [3.05, 3.63) is 270 Å². The number of pyridine rings is 2. The van der Waals surface area contributed by atoms with Gasteiger partial charge in [-0.3, -0.25) is 19.2 Å². The topological polar surface area (TPSA) is 110 Å². The summed E-state index contributed by atoms with van der Waals surface area (Å²) >= 11 is 0.776. The van der Waals surface area contributed by atoms with Gasteiger partial charge in [-0.25, -0.2) is 17.6 Å². The third kappa shape index (κ3) is 19.3. The number of hydrogen-bond donors (Lipinski definition) is 0. The van der Waals surface area contributed by atoms with Crippen LogP contribution in [-0.2, 0) is 69.1 Å². The number of thioether (sulfide) groups is 2. The van der Waals surface area contributed by atoms with E-state index in [1.54, 1.807) is 0 Å². The van der Waals surface area contributed by atoms with Crippen LogP contribution in [0.2, 0.25) is 0 Å². The highest BCUT2D eigenvalue weighted by Gasteiger charge is 2.34. The van der Waals surface area contributed by atoms with E-state index in [4.69, 9.17) is 45.2 Å². The number of likely N-dealkylation sites (tertiary alicyclic amines) is 2. The van der Waals surface area contributed by atoms with Gasteiger partial charge in [0, 0.05) is 151 Å². The molecule has 0 bridgehead atoms. The maximum Gasteiger partial charge on any atom is 0.416 e. The molecule has 0 N–H and O–H groups in total. The molecule has 2 amide bonds. The SMILES string of the molecule is [2H]C([2H])([2H])OCC([2H])([2H])N1C([2H])([2H])C([2H])([2H])C([2H])(N(Cc2ccc(-c3ccc(C(F)(F)F)cc3)cc2)C(=O)Cn2c(SCc3cccc(F)c3F)cc(=O)c3ccccc32)C([2H])([2H])C1([2H])[2H].[2H]c1c([2H])c(F)c(F)c(CSc2c([2H])c(=O)c3c([2H])c([2H])c([2H])c([2H])c3n2CC(=O)N(Cc2c([2H])c([2H])c(-c3c([2H])c([2H])c(C(F)(F)F)c([2H])c3[2H])c([2H])c2C)C2([2H])C([2H])([2H])C([2H])([2H])N(C([2H])([2H])COC([2H])([2H])[2H])C([2H])([2H])C2([2H])[2H])c1[2H]. The number of benzene rings is 8. The van der Waals surface area contributed by atoms with Gasteiger partial charge < -0.3 is 38.2 Å². The maximum atomic E-state index is 15.7. The van der Waals surface area contributed by atoms with Gasteiger partial charge in [-0.15, -0.1) is 23.5 Å². The van der Waals surface area contributed by atoms with E-state index in [0.717, 1.165) is 43.0 Å². The molecular weight excluding hydrogens is 1410 g/mol. The first-order chi connectivity index (χ1) is 67.3. The van der Waals surface area contributed by atoms with Crippen molar-refractivity contribution >= 4 is 57.1 Å². The fourth-order valence-corrected chi connectivity index (χ4v) is 11.9. The average molecular weight is 1530 g/mol. The Morgan fingerprint density at radius 2 is 1.11 bits per heavy atom. The number of carbonyl (C=O) groups excluding carboxylic acids is 2. The molecule has 0 aliphatic carbocycles. The van der Waals surface area contributed by atoms with Crippen LogP contribution < -0.4 is 10.9 Å². The van der Waals surface area contributed by atoms with E-state index in [0.29, 0.717) is 15.7 Å². The minimum atomic E-state index is -5.51. The Labute approximate surface area is 670 Å². The first-order valence-corrected chi connectivity index (χ1v) is 32.2. The summed E-state index contributed by atoms with van der Waals surface area (Å²) in [6.45, 7) is -33.3. The number of para-hydroxylation sites is 2. The minimum Gasteiger partial charge on any atom is -0.383 e. The van der Waals surface area contributed by atoms with Crippen molar-refractivity contribution in [2.24, 2.45) is 0 Å². The van der Waals surface area contributed by atoms with Crippen molar-refractivity contribution in [2.45, 2.75) is 105 Å². The molecule has 0 unspecified atom stereocenters. The van der Waals surface area contributed by atoms with Crippen LogP contribution in [0.25, 0.3) is 44.1 Å². The summed E-state index contributed by atoms with van der Waals surface area (Å²) in [7, 11) is -6.86. The largest absolute Gasteiger partial charge is 0.416 e. The summed E-state index contributed by atoms with van der Waals surface area (Å²) in [5, 5.41) is -2.19. The van der Waals surface area contributed by atoms with Crippen LogP contribution in [0.15, 0.2) is 207 Å². The number of alkyl halides is 6. The van der Waals surface area contributed by atoms with Gasteiger partial charge in [0.25, 0.3) is 0 Å². The maximum absolute atomic E-state index is 15.7. The molecule has 0 saturated carbocycles. The fraction of sp³-hybridized carbons (Fsp3) is 0.309. The molecule has 0 atom stereocenters. The fourth-order valence-electron chi connectivity index (χ4n) is 9.89. The highest BCUT2D eigenvalue weighted by molar-refractivity contribution is 7.98. The molecule has 105 heavy (non-hydrogen) atoms. The van der Waals surface area contributed by atoms with E-state index in [9.17, 15) is 62.8 Å². The van der Waals surface area contributed by atoms with Gasteiger partial charge in [0.1, 0.15) is 13.1 Å². The number of fused-ring (bicyclic) bond motifs is 2. The Morgan fingerprint density at radius 3 is 1.74 bits per heavy atom. The number of amides is 2. The number of carbonyl (C=O) groups is 2. The smallest absolute Gasteiger partial charge is 0.383 e. The lowest BCUT2D eigenvalue weighted by Crippen LogP contribution is -2.48. The average Bonchev–Trinajstić information content (AvgIpc) is 0.660. The van der Waals surface area contributed by atoms with Crippen LogP contribution in [-0.4, -0.2) is 119 Å². The first kappa shape index (κ1) is 39.0. The highest BCUT2D eigenvalue weighted by atomic mass is 32.2. The normalized spacial score (nSPS) is 25.1. The van der Waals surface area contributed by atoms with Crippen molar-refractivity contribution in [2.75, 3.05) is 66.3 Å². The van der Waals surface area contributed by atoms with Gasteiger partial charge in [0.05, 0.1) is 77.0 Å². The summed E-state index contributed by atoms with van der Waals surface area (Å²) in [4.78, 5) is 56.7. The second-order valence-electron chi connectivity index (χ2n) is 21.8. The van der Waals surface area contributed by atoms with Crippen molar-refractivity contribution in [3.63, 3.8) is 0 Å². The van der Waals surface area contributed by atoms with E-state index in [-0.39, 0.29) is 49.5 Å². The van der Waals surface area contributed by atoms with Crippen molar-refractivity contribution in [1.29, 1.82) is 0 Å². The van der Waals surface area contributed by atoms with Crippen molar-refractivity contribution in [3.8, 4) is 22.3 Å². The molecule has 4 heterocycles. The van der Waals surface area contributed by atoms with Crippen LogP contribution in [0.3, 0.4) is 0 Å². The van der Waals surface area contributed by atoms with E-state index in [1.807, 2.05) is 0 Å². The lowest BCUT2D eigenvalue weighted by atomic mass is 9.97. The predicted octanol–water partition coefficient (Wildman–Crippen LogP) is 17.1. The van der Waals surface area contributed by atoms with E-state index in [1.165, 1.54) is 77.4 Å². The van der Waals surface area contributed by atoms with Gasteiger partial charge >= 0.3 is 12.4 Å². The summed E-state index contributed by atoms with van der Waals surface area (Å²) in [5.41, 5.74) is -10.9. The molecule has 0 spiro atoms. The third-order valence-electron chi connectivity index (χ3n) is 15.1. The van der Waals surface area contributed by atoms with Crippen molar-refractivity contribution in [1.82, 2.24) is 28.7 Å². The zero-order valence-electron chi connectivity index (χ0n) is 96.6. The number of ether oxygens (including phenoxy) is 2. The highest BCUT2D eigenvalue weighted by Crippen LogP contribution is 2.36. The Bertz CT molecular complexity index is 6960. The summed E-state index contributed by atoms with van der Waals surface area (Å²) in [5.74, 6) is -11.2. The number of aromatic nitrogens is 2. The van der Waals surface area contributed by atoms with Gasteiger partial charge in [0.2, 0.25) is 11.8 Å². The lowest BCUT2D eigenvalue weighted by molar-refractivity contribution is -0.138. The molecule has 550 valence electrons. The summed E-state index contributed by atoms with van der Waals surface area (Å²) in [6, 6.07) is -9.36. The van der Waals surface area contributed by atoms with E-state index >= 15 is 14.0 Å². The van der Waals surface area contributed by atoms with Gasteiger partial charge in [0.15, 0.2) is 34.1 Å². The van der Waals surface area contributed by atoms with E-state index < -0.39 is 354 Å². The predicted molar refractivity (Wildman–Crippen MR) is 391 cm³/mol. The van der Waals surface area contributed by atoms with Crippen molar-refractivity contribution < 1.29 is 122 Å². The number of rotatable bonds is 24. The molecule has 2 aliphatic heterocycles. The lowest BCUT2D eigenvalue weighted by Gasteiger charge is -2.39. The molecule has 2 saturated heterocycles. The molecule has 12 rings (SSSR count). The number of piperidine rings is 2. The number of halogens is 10. The second kappa shape index (κ2) is 34.9. The zero-order chi connectivity index (χ0) is 112. The van der Waals surface area contributed by atoms with Gasteiger partial charge in [-0.05, 0) is 132 Å². The number of hydrogen-bond acceptors (Lipinski definition) is 10. The van der Waals surface area contributed by atoms with Gasteiger partial charge in [-0.1, -0.05) is 115 Å². The summed E-state index contributed by atoms with van der Waals surface area (Å²) < 4.78 is 523. The second-order valence-corrected chi connectivity index (χ2v) is 23.8. The van der Waals surface area contributed by atoms with E-state index in [2.05, 4.69) is 9.47 Å². The quantitative estimate of drug-likeness (QED) is 0.0428. The third-order valence-corrected chi connectivity index (χ3v) is 17.2. The Kier molecular flexibility index (Phi) is 13.0. The minimum absolute atomic E-state index is 0.0137. The molecule has 24 heteroatoms. The van der Waals surface area contributed by atoms with Crippen LogP contribution >= 0.6 is 23.5 Å². The molecule has 12 nitrogen and oxygen atoms in total. The molecule has 2 fully saturated rings. The van der Waals surface area contributed by atoms with Gasteiger partial charge in [-0.2, -0.15) is 26.3 Å². The Morgan fingerprint density at radius 1 is 0.552 bits per heavy atom. The molecular formula is C81H78F10N6O6S2. The van der Waals surface area contributed by atoms with Crippen LogP contribution in [0, 0.1) is 30.2 Å². The van der Waals surface area contributed by atoms with Crippen LogP contribution in [0.1, 0.15) is 123 Å². The van der Waals surface area contributed by atoms with Crippen LogP contribution in [0.5, 0.6) is 0 Å². The first-order valence-electron chi connectivity index (χ1n) is 51.7. The monoisotopic (exact) mass is 1530 g/mol. The molecule has 8 aromatic carbocycles. The Balaban J connectivity index is 0.000000288. The standard InChI is InChI=1S/C41H40F5N3O3S.C40H38F5N3O3S/c1-27-22-29(28-12-14-32(15-13-28)41(44,45)46)10-11-30(27)24-48(33-16-18-47(19-17-33)20-21-52-2)38(51)25-49-36-9-4-3-7-34(36)37(50)23-39(49)53-26-31-6-5-8-35(42)40(31)43;1-51-22-21-46-19-17-32(18-20-46)47(24-27-9-11-28(12-10-27)29-13-15-31(16-14-29)40(43,44)45)37(50)25-48-35-8-3-2-6-33(35)36(49)23-38(48)52-26-30-5-4-7-34(41)39(30)42/h3-15,22-23,33H,16-21,24-26H2,1-2H3;2-16,23,32H,17-22,24-26H2,1H3/i2D3,3D,4D,5D,6D,7D,8D,9D,10D,11D,12D,13D,14D,15D,16D2,17D2,18D2,19D2,20D2,22D,23D,33D;1D3,17D2,18D2,19D2,20D2,21D2,32D. The Hall–Kier alpha value is -9.04. The summed E-state index contributed by atoms with van der Waals surface area (Å²) in [6.07, 6.45) is -27.8. The number of methoxy groups -OCH3 is 2.